The molecule has 2 unspecified atom stereocenters. The molecule has 2 amide bonds. The molecule has 2 atom stereocenters. The Kier molecular flexibility index (Phi) is 6.31. The van der Waals surface area contributed by atoms with E-state index in [1.54, 1.807) is 0 Å². The number of benzene rings is 1. The number of carbonyl (C=O) groups is 1. The fourth-order valence-corrected chi connectivity index (χ4v) is 1.69. The third-order valence-electron chi connectivity index (χ3n) is 3.38. The molecule has 5 heteroatoms. The summed E-state index contributed by atoms with van der Waals surface area (Å²) in [7, 11) is 3.97. The van der Waals surface area contributed by atoms with E-state index in [1.165, 1.54) is 0 Å². The standard InChI is InChI=1S/C15H25N3O2/c1-11(10-19)12(2)17-15(20)16-9-13-6-5-7-14(8-13)18(3)4/h5-8,11-12,19H,9-10H2,1-4H3,(H2,16,17,20). The van der Waals surface area contributed by atoms with Crippen molar-refractivity contribution in [2.75, 3.05) is 25.6 Å². The quantitative estimate of drug-likeness (QED) is 0.740. The highest BCUT2D eigenvalue weighted by molar-refractivity contribution is 5.74. The van der Waals surface area contributed by atoms with Crippen LogP contribution in [0.5, 0.6) is 0 Å². The Labute approximate surface area is 121 Å². The van der Waals surface area contributed by atoms with Gasteiger partial charge in [0, 0.05) is 39.0 Å². The highest BCUT2D eigenvalue weighted by Gasteiger charge is 2.13. The zero-order valence-electron chi connectivity index (χ0n) is 12.7. The Morgan fingerprint density at radius 2 is 2.05 bits per heavy atom. The number of amides is 2. The maximum Gasteiger partial charge on any atom is 0.315 e. The molecule has 1 aromatic carbocycles. The smallest absolute Gasteiger partial charge is 0.315 e. The van der Waals surface area contributed by atoms with Gasteiger partial charge in [0.1, 0.15) is 0 Å². The molecule has 0 aliphatic heterocycles. The maximum absolute atomic E-state index is 11.8. The van der Waals surface area contributed by atoms with Crippen LogP contribution < -0.4 is 15.5 Å². The molecule has 0 bridgehead atoms. The number of anilines is 1. The van der Waals surface area contributed by atoms with Crippen molar-refractivity contribution in [3.63, 3.8) is 0 Å². The molecular formula is C15H25N3O2. The summed E-state index contributed by atoms with van der Waals surface area (Å²) < 4.78 is 0. The third-order valence-corrected chi connectivity index (χ3v) is 3.38. The number of aliphatic hydroxyl groups is 1. The van der Waals surface area contributed by atoms with E-state index in [2.05, 4.69) is 10.6 Å². The van der Waals surface area contributed by atoms with E-state index in [9.17, 15) is 4.79 Å². The number of carbonyl (C=O) groups excluding carboxylic acids is 1. The van der Waals surface area contributed by atoms with E-state index in [0.717, 1.165) is 11.3 Å². The summed E-state index contributed by atoms with van der Waals surface area (Å²) in [5.74, 6) is 0.0396. The van der Waals surface area contributed by atoms with E-state index < -0.39 is 0 Å². The average molecular weight is 279 g/mol. The van der Waals surface area contributed by atoms with Crippen molar-refractivity contribution in [2.24, 2.45) is 5.92 Å². The van der Waals surface area contributed by atoms with Crippen molar-refractivity contribution in [3.05, 3.63) is 29.8 Å². The van der Waals surface area contributed by atoms with Crippen LogP contribution >= 0.6 is 0 Å². The Balaban J connectivity index is 2.47. The van der Waals surface area contributed by atoms with Crippen LogP contribution in [0.3, 0.4) is 0 Å². The van der Waals surface area contributed by atoms with Crippen LogP contribution in [0.25, 0.3) is 0 Å². The number of nitrogens with one attached hydrogen (secondary N) is 2. The van der Waals surface area contributed by atoms with Gasteiger partial charge >= 0.3 is 6.03 Å². The van der Waals surface area contributed by atoms with Gasteiger partial charge in [-0.2, -0.15) is 0 Å². The first kappa shape index (κ1) is 16.3. The summed E-state index contributed by atoms with van der Waals surface area (Å²) in [6, 6.07) is 7.74. The molecule has 0 radical (unpaired) electrons. The van der Waals surface area contributed by atoms with E-state index in [0.29, 0.717) is 6.54 Å². The summed E-state index contributed by atoms with van der Waals surface area (Å²) in [5, 5.41) is 14.7. The highest BCUT2D eigenvalue weighted by atomic mass is 16.3. The van der Waals surface area contributed by atoms with E-state index >= 15 is 0 Å². The average Bonchev–Trinajstić information content (AvgIpc) is 2.44. The first-order chi connectivity index (χ1) is 9.43. The molecule has 5 nitrogen and oxygen atoms in total. The van der Waals surface area contributed by atoms with Crippen molar-refractivity contribution in [2.45, 2.75) is 26.4 Å². The van der Waals surface area contributed by atoms with Crippen molar-refractivity contribution in [1.29, 1.82) is 0 Å². The molecule has 0 saturated carbocycles. The van der Waals surface area contributed by atoms with E-state index in [1.807, 2.05) is 57.1 Å². The van der Waals surface area contributed by atoms with Gasteiger partial charge in [0.05, 0.1) is 0 Å². The maximum atomic E-state index is 11.8. The molecule has 0 saturated heterocycles. The molecule has 1 rings (SSSR count). The summed E-state index contributed by atoms with van der Waals surface area (Å²) in [6.07, 6.45) is 0. The summed E-state index contributed by atoms with van der Waals surface area (Å²) in [4.78, 5) is 13.8. The molecule has 0 heterocycles. The van der Waals surface area contributed by atoms with Gasteiger partial charge in [-0.15, -0.1) is 0 Å². The molecule has 1 aromatic rings. The highest BCUT2D eigenvalue weighted by Crippen LogP contribution is 2.13. The first-order valence-corrected chi connectivity index (χ1v) is 6.85. The van der Waals surface area contributed by atoms with Gasteiger partial charge in [-0.1, -0.05) is 19.1 Å². The number of rotatable bonds is 6. The number of urea groups is 1. The third kappa shape index (κ3) is 5.09. The Morgan fingerprint density at radius 3 is 2.65 bits per heavy atom. The van der Waals surface area contributed by atoms with Crippen LogP contribution in [0.2, 0.25) is 0 Å². The predicted octanol–water partition coefficient (Wildman–Crippen LogP) is 1.57. The Bertz CT molecular complexity index is 435. The molecule has 3 N–H and O–H groups in total. The largest absolute Gasteiger partial charge is 0.396 e. The van der Waals surface area contributed by atoms with Gasteiger partial charge in [-0.3, -0.25) is 0 Å². The topological polar surface area (TPSA) is 64.6 Å². The normalized spacial score (nSPS) is 13.4. The number of aliphatic hydroxyl groups excluding tert-OH is 1. The first-order valence-electron chi connectivity index (χ1n) is 6.85. The molecule has 0 aliphatic carbocycles. The van der Waals surface area contributed by atoms with Crippen molar-refractivity contribution in [1.82, 2.24) is 10.6 Å². The van der Waals surface area contributed by atoms with Crippen molar-refractivity contribution in [3.8, 4) is 0 Å². The zero-order valence-corrected chi connectivity index (χ0v) is 12.7. The molecule has 0 aliphatic rings. The van der Waals surface area contributed by atoms with E-state index in [4.69, 9.17) is 5.11 Å². The second-order valence-corrected chi connectivity index (χ2v) is 5.34. The zero-order chi connectivity index (χ0) is 15.1. The van der Waals surface area contributed by atoms with Gasteiger partial charge in [-0.25, -0.2) is 4.79 Å². The van der Waals surface area contributed by atoms with Crippen LogP contribution in [-0.4, -0.2) is 37.9 Å². The van der Waals surface area contributed by atoms with Crippen LogP contribution in [0.4, 0.5) is 10.5 Å². The number of nitrogens with zero attached hydrogens (tertiary/aromatic N) is 1. The SMILES string of the molecule is CC(CO)C(C)NC(=O)NCc1cccc(N(C)C)c1. The van der Waals surface area contributed by atoms with Crippen LogP contribution in [-0.2, 0) is 6.54 Å². The Morgan fingerprint density at radius 1 is 1.35 bits per heavy atom. The van der Waals surface area contributed by atoms with Crippen molar-refractivity contribution < 1.29 is 9.90 Å². The van der Waals surface area contributed by atoms with Gasteiger partial charge in [0.15, 0.2) is 0 Å². The molecule has 0 aromatic heterocycles. The summed E-state index contributed by atoms with van der Waals surface area (Å²) >= 11 is 0. The predicted molar refractivity (Wildman–Crippen MR) is 81.9 cm³/mol. The lowest BCUT2D eigenvalue weighted by Crippen LogP contribution is -2.43. The lowest BCUT2D eigenvalue weighted by Gasteiger charge is -2.19. The van der Waals surface area contributed by atoms with Crippen molar-refractivity contribution >= 4 is 11.7 Å². The second kappa shape index (κ2) is 7.75. The fourth-order valence-electron chi connectivity index (χ4n) is 1.69. The Hall–Kier alpha value is -1.75. The summed E-state index contributed by atoms with van der Waals surface area (Å²) in [5.41, 5.74) is 2.15. The van der Waals surface area contributed by atoms with Crippen LogP contribution in [0.1, 0.15) is 19.4 Å². The minimum atomic E-state index is -0.215. The van der Waals surface area contributed by atoms with E-state index in [-0.39, 0.29) is 24.6 Å². The molecule has 0 fully saturated rings. The monoisotopic (exact) mass is 279 g/mol. The van der Waals surface area contributed by atoms with Gasteiger partial charge < -0.3 is 20.6 Å². The molecule has 0 spiro atoms. The number of hydrogen-bond acceptors (Lipinski definition) is 3. The lowest BCUT2D eigenvalue weighted by molar-refractivity contribution is 0.200. The van der Waals surface area contributed by atoms with Crippen LogP contribution in [0, 0.1) is 5.92 Å². The second-order valence-electron chi connectivity index (χ2n) is 5.34. The fraction of sp³-hybridized carbons (Fsp3) is 0.533. The van der Waals surface area contributed by atoms with Crippen LogP contribution in [0.15, 0.2) is 24.3 Å². The minimum absolute atomic E-state index is 0.0396. The van der Waals surface area contributed by atoms with Gasteiger partial charge in [-0.05, 0) is 30.5 Å². The lowest BCUT2D eigenvalue weighted by atomic mass is 10.1. The van der Waals surface area contributed by atoms with Gasteiger partial charge in [0.2, 0.25) is 0 Å². The minimum Gasteiger partial charge on any atom is -0.396 e. The van der Waals surface area contributed by atoms with Gasteiger partial charge in [0.25, 0.3) is 0 Å². The molecule has 112 valence electrons. The summed E-state index contributed by atoms with van der Waals surface area (Å²) in [6.45, 7) is 4.32. The molecule has 20 heavy (non-hydrogen) atoms. The number of hydrogen-bond donors (Lipinski definition) is 3. The molecular weight excluding hydrogens is 254 g/mol.